The fourth-order valence-electron chi connectivity index (χ4n) is 1.62. The van der Waals surface area contributed by atoms with Crippen molar-refractivity contribution in [2.24, 2.45) is 0 Å². The van der Waals surface area contributed by atoms with Gasteiger partial charge in [-0.15, -0.1) is 0 Å². The Kier molecular flexibility index (Phi) is 4.58. The molecule has 72 valence electrons. The molecule has 0 aliphatic carbocycles. The standard InChI is InChI=1S/C9H20N2O/c1-3-8(7-12-2)11-9-4-5-10-6-9/h8-11H,3-7H2,1-2H3. The molecule has 1 aliphatic heterocycles. The Bertz CT molecular complexity index is 113. The first-order chi connectivity index (χ1) is 5.86. The minimum atomic E-state index is 0.528. The Morgan fingerprint density at radius 1 is 1.67 bits per heavy atom. The maximum absolute atomic E-state index is 5.12. The van der Waals surface area contributed by atoms with Crippen molar-refractivity contribution in [1.29, 1.82) is 0 Å². The van der Waals surface area contributed by atoms with E-state index in [4.69, 9.17) is 4.74 Å². The quantitative estimate of drug-likeness (QED) is 0.628. The van der Waals surface area contributed by atoms with Gasteiger partial charge < -0.3 is 15.4 Å². The summed E-state index contributed by atoms with van der Waals surface area (Å²) in [4.78, 5) is 0. The van der Waals surface area contributed by atoms with Crippen molar-refractivity contribution in [1.82, 2.24) is 10.6 Å². The van der Waals surface area contributed by atoms with Crippen LogP contribution in [0.25, 0.3) is 0 Å². The lowest BCUT2D eigenvalue weighted by molar-refractivity contribution is 0.159. The molecule has 0 saturated carbocycles. The average Bonchev–Trinajstić information content (AvgIpc) is 2.56. The number of hydrogen-bond acceptors (Lipinski definition) is 3. The minimum Gasteiger partial charge on any atom is -0.383 e. The highest BCUT2D eigenvalue weighted by Gasteiger charge is 2.17. The van der Waals surface area contributed by atoms with Crippen LogP contribution >= 0.6 is 0 Å². The van der Waals surface area contributed by atoms with Crippen molar-refractivity contribution >= 4 is 0 Å². The van der Waals surface area contributed by atoms with E-state index in [0.29, 0.717) is 12.1 Å². The van der Waals surface area contributed by atoms with Gasteiger partial charge in [0.1, 0.15) is 0 Å². The summed E-state index contributed by atoms with van der Waals surface area (Å²) >= 11 is 0. The van der Waals surface area contributed by atoms with Crippen LogP contribution in [-0.4, -0.2) is 38.9 Å². The van der Waals surface area contributed by atoms with Gasteiger partial charge in [0.2, 0.25) is 0 Å². The van der Waals surface area contributed by atoms with Gasteiger partial charge in [-0.05, 0) is 19.4 Å². The molecule has 3 nitrogen and oxygen atoms in total. The monoisotopic (exact) mass is 172 g/mol. The Morgan fingerprint density at radius 3 is 3.00 bits per heavy atom. The third kappa shape index (κ3) is 3.09. The number of ether oxygens (including phenoxy) is 1. The molecule has 0 bridgehead atoms. The second-order valence-electron chi connectivity index (χ2n) is 3.42. The summed E-state index contributed by atoms with van der Waals surface area (Å²) in [6.45, 7) is 5.29. The van der Waals surface area contributed by atoms with Crippen molar-refractivity contribution in [2.75, 3.05) is 26.8 Å². The topological polar surface area (TPSA) is 33.3 Å². The molecule has 1 aliphatic rings. The molecule has 1 fully saturated rings. The molecule has 0 radical (unpaired) electrons. The van der Waals surface area contributed by atoms with Gasteiger partial charge in [0, 0.05) is 25.7 Å². The van der Waals surface area contributed by atoms with E-state index in [0.717, 1.165) is 26.1 Å². The smallest absolute Gasteiger partial charge is 0.0615 e. The van der Waals surface area contributed by atoms with Crippen LogP contribution in [0.1, 0.15) is 19.8 Å². The van der Waals surface area contributed by atoms with E-state index in [2.05, 4.69) is 17.6 Å². The second kappa shape index (κ2) is 5.51. The zero-order chi connectivity index (χ0) is 8.81. The van der Waals surface area contributed by atoms with E-state index in [9.17, 15) is 0 Å². The molecule has 0 aromatic heterocycles. The zero-order valence-electron chi connectivity index (χ0n) is 8.10. The Labute approximate surface area is 74.9 Å². The molecule has 0 aromatic carbocycles. The van der Waals surface area contributed by atoms with Crippen molar-refractivity contribution in [3.63, 3.8) is 0 Å². The maximum Gasteiger partial charge on any atom is 0.0615 e. The summed E-state index contributed by atoms with van der Waals surface area (Å²) in [5, 5.41) is 6.92. The molecule has 2 atom stereocenters. The second-order valence-corrected chi connectivity index (χ2v) is 3.42. The van der Waals surface area contributed by atoms with E-state index in [1.54, 1.807) is 7.11 Å². The lowest BCUT2D eigenvalue weighted by Gasteiger charge is -2.20. The normalized spacial score (nSPS) is 26.0. The summed E-state index contributed by atoms with van der Waals surface area (Å²) in [5.41, 5.74) is 0. The highest BCUT2D eigenvalue weighted by Crippen LogP contribution is 2.01. The lowest BCUT2D eigenvalue weighted by Crippen LogP contribution is -2.41. The predicted octanol–water partition coefficient (Wildman–Crippen LogP) is 0.363. The van der Waals surface area contributed by atoms with Gasteiger partial charge in [0.05, 0.1) is 6.61 Å². The third-order valence-corrected chi connectivity index (χ3v) is 2.39. The van der Waals surface area contributed by atoms with E-state index in [1.165, 1.54) is 6.42 Å². The molecule has 2 N–H and O–H groups in total. The fraction of sp³-hybridized carbons (Fsp3) is 1.00. The van der Waals surface area contributed by atoms with Gasteiger partial charge in [-0.1, -0.05) is 6.92 Å². The van der Waals surface area contributed by atoms with Gasteiger partial charge in [0.25, 0.3) is 0 Å². The number of rotatable bonds is 5. The van der Waals surface area contributed by atoms with Gasteiger partial charge in [-0.2, -0.15) is 0 Å². The first-order valence-electron chi connectivity index (χ1n) is 4.82. The molecule has 2 unspecified atom stereocenters. The van der Waals surface area contributed by atoms with Crippen LogP contribution in [0.15, 0.2) is 0 Å². The molecule has 1 rings (SSSR count). The summed E-state index contributed by atoms with van der Waals surface area (Å²) in [6.07, 6.45) is 2.39. The van der Waals surface area contributed by atoms with Crippen LogP contribution in [0.4, 0.5) is 0 Å². The van der Waals surface area contributed by atoms with E-state index >= 15 is 0 Å². The minimum absolute atomic E-state index is 0.528. The molecule has 0 aromatic rings. The molecular weight excluding hydrogens is 152 g/mol. The summed E-state index contributed by atoms with van der Waals surface area (Å²) < 4.78 is 5.12. The SMILES string of the molecule is CCC(COC)NC1CCNC1. The van der Waals surface area contributed by atoms with Crippen LogP contribution in [0.2, 0.25) is 0 Å². The molecule has 1 heterocycles. The van der Waals surface area contributed by atoms with Crippen molar-refractivity contribution in [3.8, 4) is 0 Å². The van der Waals surface area contributed by atoms with E-state index < -0.39 is 0 Å². The molecule has 0 amide bonds. The average molecular weight is 172 g/mol. The zero-order valence-corrected chi connectivity index (χ0v) is 8.10. The van der Waals surface area contributed by atoms with Crippen molar-refractivity contribution in [2.45, 2.75) is 31.8 Å². The molecule has 3 heteroatoms. The Morgan fingerprint density at radius 2 is 2.50 bits per heavy atom. The largest absolute Gasteiger partial charge is 0.383 e. The first-order valence-corrected chi connectivity index (χ1v) is 4.82. The third-order valence-electron chi connectivity index (χ3n) is 2.39. The molecule has 12 heavy (non-hydrogen) atoms. The Balaban J connectivity index is 2.16. The highest BCUT2D eigenvalue weighted by atomic mass is 16.5. The van der Waals surface area contributed by atoms with Gasteiger partial charge in [0.15, 0.2) is 0 Å². The van der Waals surface area contributed by atoms with Crippen LogP contribution in [0.3, 0.4) is 0 Å². The number of hydrogen-bond donors (Lipinski definition) is 2. The number of methoxy groups -OCH3 is 1. The first kappa shape index (κ1) is 9.96. The van der Waals surface area contributed by atoms with Crippen LogP contribution in [0.5, 0.6) is 0 Å². The predicted molar refractivity (Wildman–Crippen MR) is 50.4 cm³/mol. The summed E-state index contributed by atoms with van der Waals surface area (Å²) in [5.74, 6) is 0. The molecular formula is C9H20N2O. The van der Waals surface area contributed by atoms with Gasteiger partial charge in [-0.3, -0.25) is 0 Å². The van der Waals surface area contributed by atoms with Crippen molar-refractivity contribution in [3.05, 3.63) is 0 Å². The number of nitrogens with one attached hydrogen (secondary N) is 2. The van der Waals surface area contributed by atoms with Crippen LogP contribution in [0, 0.1) is 0 Å². The fourth-order valence-corrected chi connectivity index (χ4v) is 1.62. The van der Waals surface area contributed by atoms with E-state index in [1.807, 2.05) is 0 Å². The summed E-state index contributed by atoms with van der Waals surface area (Å²) in [7, 11) is 1.76. The van der Waals surface area contributed by atoms with Gasteiger partial charge in [-0.25, -0.2) is 0 Å². The lowest BCUT2D eigenvalue weighted by atomic mass is 10.2. The van der Waals surface area contributed by atoms with Crippen molar-refractivity contribution < 1.29 is 4.74 Å². The summed E-state index contributed by atoms with van der Waals surface area (Å²) in [6, 6.07) is 1.19. The molecule has 0 spiro atoms. The van der Waals surface area contributed by atoms with Gasteiger partial charge >= 0.3 is 0 Å². The van der Waals surface area contributed by atoms with E-state index in [-0.39, 0.29) is 0 Å². The van der Waals surface area contributed by atoms with Crippen LogP contribution < -0.4 is 10.6 Å². The van der Waals surface area contributed by atoms with Crippen LogP contribution in [-0.2, 0) is 4.74 Å². The molecule has 1 saturated heterocycles. The maximum atomic E-state index is 5.12. The Hall–Kier alpha value is -0.120. The highest BCUT2D eigenvalue weighted by molar-refractivity contribution is 4.80.